The first-order valence-corrected chi connectivity index (χ1v) is 4.91. The van der Waals surface area contributed by atoms with Crippen LogP contribution in [0.15, 0.2) is 35.5 Å². The standard InChI is InChI=1S/C9H10N2O2S/c10-7-3-1-5-11-9(7)14-6-2-4-8(12)13/h1-5H,6,10H2,(H,12,13). The summed E-state index contributed by atoms with van der Waals surface area (Å²) in [6, 6.07) is 3.52. The van der Waals surface area contributed by atoms with Gasteiger partial charge in [-0.25, -0.2) is 9.78 Å². The maximum absolute atomic E-state index is 10.1. The smallest absolute Gasteiger partial charge is 0.328 e. The largest absolute Gasteiger partial charge is 0.478 e. The molecule has 0 radical (unpaired) electrons. The SMILES string of the molecule is Nc1cccnc1SCC=CC(=O)O. The number of anilines is 1. The number of carboxylic acids is 1. The number of pyridine rings is 1. The van der Waals surface area contributed by atoms with Gasteiger partial charge >= 0.3 is 5.97 Å². The second-order valence-corrected chi connectivity index (χ2v) is 3.46. The zero-order valence-electron chi connectivity index (χ0n) is 7.38. The molecule has 1 rings (SSSR count). The number of rotatable bonds is 4. The Hall–Kier alpha value is -1.49. The predicted octanol–water partition coefficient (Wildman–Crippen LogP) is 1.40. The highest BCUT2D eigenvalue weighted by Gasteiger charge is 1.97. The minimum atomic E-state index is -0.945. The molecule has 0 aliphatic carbocycles. The Morgan fingerprint density at radius 2 is 2.50 bits per heavy atom. The first kappa shape index (κ1) is 10.6. The van der Waals surface area contributed by atoms with Crippen molar-refractivity contribution in [2.75, 3.05) is 11.5 Å². The van der Waals surface area contributed by atoms with E-state index < -0.39 is 5.97 Å². The number of aromatic nitrogens is 1. The van der Waals surface area contributed by atoms with Crippen molar-refractivity contribution in [2.45, 2.75) is 5.03 Å². The highest BCUT2D eigenvalue weighted by atomic mass is 32.2. The van der Waals surface area contributed by atoms with Gasteiger partial charge in [-0.3, -0.25) is 0 Å². The van der Waals surface area contributed by atoms with Gasteiger partial charge in [0.1, 0.15) is 5.03 Å². The number of nitrogens with two attached hydrogens (primary N) is 1. The average Bonchev–Trinajstić information content (AvgIpc) is 2.15. The third-order valence-corrected chi connectivity index (χ3v) is 2.35. The number of carbonyl (C=O) groups is 1. The zero-order chi connectivity index (χ0) is 10.4. The van der Waals surface area contributed by atoms with Gasteiger partial charge in [0.25, 0.3) is 0 Å². The second kappa shape index (κ2) is 5.29. The summed E-state index contributed by atoms with van der Waals surface area (Å²) in [6.07, 6.45) is 4.31. The molecule has 0 atom stereocenters. The van der Waals surface area contributed by atoms with Gasteiger partial charge in [-0.05, 0) is 12.1 Å². The van der Waals surface area contributed by atoms with E-state index in [1.807, 2.05) is 0 Å². The van der Waals surface area contributed by atoms with Crippen molar-refractivity contribution in [1.82, 2.24) is 4.98 Å². The Morgan fingerprint density at radius 3 is 3.14 bits per heavy atom. The Labute approximate surface area is 85.8 Å². The van der Waals surface area contributed by atoms with Gasteiger partial charge in [0.2, 0.25) is 0 Å². The van der Waals surface area contributed by atoms with Crippen LogP contribution in [0.4, 0.5) is 5.69 Å². The Balaban J connectivity index is 2.46. The number of hydrogen-bond acceptors (Lipinski definition) is 4. The lowest BCUT2D eigenvalue weighted by Crippen LogP contribution is -1.91. The van der Waals surface area contributed by atoms with Crippen LogP contribution in [0.1, 0.15) is 0 Å². The first-order valence-electron chi connectivity index (χ1n) is 3.93. The van der Waals surface area contributed by atoms with E-state index in [1.54, 1.807) is 24.4 Å². The van der Waals surface area contributed by atoms with Crippen molar-refractivity contribution < 1.29 is 9.90 Å². The van der Waals surface area contributed by atoms with E-state index in [0.29, 0.717) is 11.4 Å². The van der Waals surface area contributed by atoms with Gasteiger partial charge in [0, 0.05) is 18.0 Å². The molecule has 0 aromatic carbocycles. The molecule has 14 heavy (non-hydrogen) atoms. The van der Waals surface area contributed by atoms with E-state index in [-0.39, 0.29) is 0 Å². The lowest BCUT2D eigenvalue weighted by Gasteiger charge is -1.99. The van der Waals surface area contributed by atoms with Crippen molar-refractivity contribution in [3.05, 3.63) is 30.5 Å². The van der Waals surface area contributed by atoms with E-state index in [4.69, 9.17) is 10.8 Å². The number of nitrogens with zero attached hydrogens (tertiary/aromatic N) is 1. The molecule has 0 bridgehead atoms. The Bertz CT molecular complexity index is 352. The van der Waals surface area contributed by atoms with Crippen molar-refractivity contribution in [2.24, 2.45) is 0 Å². The molecule has 0 amide bonds. The van der Waals surface area contributed by atoms with E-state index >= 15 is 0 Å². The summed E-state index contributed by atoms with van der Waals surface area (Å²) < 4.78 is 0. The van der Waals surface area contributed by atoms with Crippen molar-refractivity contribution in [3.63, 3.8) is 0 Å². The zero-order valence-corrected chi connectivity index (χ0v) is 8.20. The van der Waals surface area contributed by atoms with E-state index in [9.17, 15) is 4.79 Å². The summed E-state index contributed by atoms with van der Waals surface area (Å²) >= 11 is 1.40. The summed E-state index contributed by atoms with van der Waals surface area (Å²) in [5.41, 5.74) is 6.25. The average molecular weight is 210 g/mol. The van der Waals surface area contributed by atoms with Gasteiger partial charge in [-0.15, -0.1) is 11.8 Å². The molecule has 0 aliphatic heterocycles. The topological polar surface area (TPSA) is 76.2 Å². The number of hydrogen-bond donors (Lipinski definition) is 2. The molecule has 0 saturated carbocycles. The first-order chi connectivity index (χ1) is 6.70. The van der Waals surface area contributed by atoms with Gasteiger partial charge in [-0.2, -0.15) is 0 Å². The molecule has 1 aromatic rings. The van der Waals surface area contributed by atoms with E-state index in [1.165, 1.54) is 11.8 Å². The molecule has 1 heterocycles. The molecule has 0 saturated heterocycles. The highest BCUT2D eigenvalue weighted by molar-refractivity contribution is 7.99. The Kier molecular flexibility index (Phi) is 4.00. The maximum atomic E-state index is 10.1. The fourth-order valence-corrected chi connectivity index (χ4v) is 1.52. The fraction of sp³-hybridized carbons (Fsp3) is 0.111. The van der Waals surface area contributed by atoms with Gasteiger partial charge in [0.15, 0.2) is 0 Å². The molecule has 5 heteroatoms. The molecular formula is C9H10N2O2S. The summed E-state index contributed by atoms with van der Waals surface area (Å²) in [4.78, 5) is 14.2. The van der Waals surface area contributed by atoms with Crippen LogP contribution in [-0.2, 0) is 4.79 Å². The second-order valence-electron chi connectivity index (χ2n) is 2.45. The molecule has 3 N–H and O–H groups in total. The summed E-state index contributed by atoms with van der Waals surface area (Å²) in [6.45, 7) is 0. The summed E-state index contributed by atoms with van der Waals surface area (Å²) in [7, 11) is 0. The van der Waals surface area contributed by atoms with Crippen molar-refractivity contribution in [3.8, 4) is 0 Å². The number of aliphatic carboxylic acids is 1. The lowest BCUT2D eigenvalue weighted by molar-refractivity contribution is -0.131. The fourth-order valence-electron chi connectivity index (χ4n) is 0.800. The monoisotopic (exact) mass is 210 g/mol. The Morgan fingerprint density at radius 1 is 1.71 bits per heavy atom. The van der Waals surface area contributed by atoms with Crippen LogP contribution in [0, 0.1) is 0 Å². The molecule has 0 unspecified atom stereocenters. The quantitative estimate of drug-likeness (QED) is 0.580. The maximum Gasteiger partial charge on any atom is 0.328 e. The van der Waals surface area contributed by atoms with Crippen molar-refractivity contribution >= 4 is 23.4 Å². The van der Waals surface area contributed by atoms with E-state index in [0.717, 1.165) is 11.1 Å². The minimum Gasteiger partial charge on any atom is -0.478 e. The molecule has 0 fully saturated rings. The van der Waals surface area contributed by atoms with Crippen LogP contribution in [0.25, 0.3) is 0 Å². The third kappa shape index (κ3) is 3.49. The molecular weight excluding hydrogens is 200 g/mol. The predicted molar refractivity (Wildman–Crippen MR) is 56.1 cm³/mol. The number of carboxylic acid groups (broad SMARTS) is 1. The van der Waals surface area contributed by atoms with Crippen LogP contribution in [-0.4, -0.2) is 21.8 Å². The molecule has 0 spiro atoms. The molecule has 74 valence electrons. The van der Waals surface area contributed by atoms with Gasteiger partial charge in [-0.1, -0.05) is 6.08 Å². The lowest BCUT2D eigenvalue weighted by atomic mass is 10.4. The van der Waals surface area contributed by atoms with Gasteiger partial charge in [0.05, 0.1) is 5.69 Å². The number of thioether (sulfide) groups is 1. The van der Waals surface area contributed by atoms with Crippen LogP contribution < -0.4 is 5.73 Å². The molecule has 1 aromatic heterocycles. The van der Waals surface area contributed by atoms with Gasteiger partial charge < -0.3 is 10.8 Å². The third-order valence-electron chi connectivity index (χ3n) is 1.38. The minimum absolute atomic E-state index is 0.549. The molecule has 0 aliphatic rings. The summed E-state index contributed by atoms with van der Waals surface area (Å²) in [5, 5.41) is 9.05. The number of nitrogen functional groups attached to an aromatic ring is 1. The normalized spacial score (nSPS) is 10.6. The summed E-state index contributed by atoms with van der Waals surface area (Å²) in [5.74, 6) is -0.396. The van der Waals surface area contributed by atoms with Crippen LogP contribution in [0.3, 0.4) is 0 Å². The molecule has 4 nitrogen and oxygen atoms in total. The van der Waals surface area contributed by atoms with Crippen LogP contribution >= 0.6 is 11.8 Å². The van der Waals surface area contributed by atoms with Crippen LogP contribution in [0.2, 0.25) is 0 Å². The van der Waals surface area contributed by atoms with Crippen LogP contribution in [0.5, 0.6) is 0 Å². The van der Waals surface area contributed by atoms with E-state index in [2.05, 4.69) is 4.98 Å². The van der Waals surface area contributed by atoms with Crippen molar-refractivity contribution in [1.29, 1.82) is 0 Å². The highest BCUT2D eigenvalue weighted by Crippen LogP contribution is 2.21.